The van der Waals surface area contributed by atoms with Crippen LogP contribution in [0.1, 0.15) is 0 Å². The molecule has 1 nitrogen and oxygen atoms in total. The molecule has 1 radical (unpaired) electrons. The maximum absolute atomic E-state index is 8.38. The van der Waals surface area contributed by atoms with Crippen LogP contribution in [0.25, 0.3) is 0 Å². The van der Waals surface area contributed by atoms with Gasteiger partial charge in [-0.15, -0.1) is 0 Å². The Bertz CT molecular complexity index is 8.00. The van der Waals surface area contributed by atoms with Gasteiger partial charge in [0, 0.05) is 37.7 Å². The molecule has 0 spiro atoms. The summed E-state index contributed by atoms with van der Waals surface area (Å²) in [6.07, 6.45) is 0. The summed E-state index contributed by atoms with van der Waals surface area (Å²) < 4.78 is 8.38. The molecule has 0 aromatic rings. The molecule has 0 aliphatic rings. The molecule has 0 N–H and O–H groups in total. The van der Waals surface area contributed by atoms with Crippen LogP contribution in [0.5, 0.6) is 0 Å². The molecule has 0 atom stereocenters. The van der Waals surface area contributed by atoms with E-state index in [0.29, 0.717) is 0 Å². The molecule has 0 unspecified atom stereocenters. The Hall–Kier alpha value is 2.55. The summed E-state index contributed by atoms with van der Waals surface area (Å²) in [6.45, 7) is 0. The topological polar surface area (TPSA) is 17.1 Å². The van der Waals surface area contributed by atoms with Gasteiger partial charge in [0.05, 0.1) is 0 Å². The molecular formula is H3HoInOZn. The molecule has 0 amide bonds. The second-order valence-corrected chi connectivity index (χ2v) is 0. The van der Waals surface area contributed by atoms with Crippen molar-refractivity contribution in [3.63, 3.8) is 0 Å². The second kappa shape index (κ2) is 17.7. The first kappa shape index (κ1) is 16.0. The van der Waals surface area contributed by atoms with Gasteiger partial charge in [-0.1, -0.05) is 0 Å². The van der Waals surface area contributed by atoms with E-state index >= 15 is 0 Å². The van der Waals surface area contributed by atoms with Gasteiger partial charge in [0.1, 0.15) is 0 Å². The molecule has 0 heterocycles. The van der Waals surface area contributed by atoms with Crippen molar-refractivity contribution in [2.24, 2.45) is 0 Å². The van der Waals surface area contributed by atoms with Crippen molar-refractivity contribution in [1.29, 1.82) is 0 Å². The zero-order chi connectivity index (χ0) is 2.00. The molecule has 0 saturated heterocycles. The monoisotopic (exact) mass is 363 g/mol. The molecule has 0 aromatic carbocycles. The van der Waals surface area contributed by atoms with Gasteiger partial charge < -0.3 is 0 Å². The van der Waals surface area contributed by atoms with Gasteiger partial charge in [-0.25, -0.2) is 0 Å². The fourth-order valence-corrected chi connectivity index (χ4v) is 0. The fourth-order valence-electron chi connectivity index (χ4n) is 0. The van der Waals surface area contributed by atoms with E-state index in [0.717, 1.165) is 0 Å². The normalized spacial score (nSPS) is 1.50. The van der Waals surface area contributed by atoms with Gasteiger partial charge in [0.25, 0.3) is 0 Å². The van der Waals surface area contributed by atoms with Crippen LogP contribution in [0.3, 0.4) is 0 Å². The predicted octanol–water partition coefficient (Wildman–Crippen LogP) is -1.31. The number of hydrogen-bond donors (Lipinski definition) is 0. The van der Waals surface area contributed by atoms with Crippen LogP contribution in [0, 0.1) is 37.7 Å². The molecule has 0 saturated carbocycles. The average Bonchev–Trinajstić information content (AvgIpc) is 1.00. The molecule has 0 aliphatic carbocycles. The average molecular weight is 364 g/mol. The minimum absolute atomic E-state index is 0. The van der Waals surface area contributed by atoms with E-state index in [2.05, 4.69) is 0 Å². The molecule has 0 rings (SSSR count). The van der Waals surface area contributed by atoms with Crippen LogP contribution in [0.2, 0.25) is 0 Å². The first-order valence-corrected chi connectivity index (χ1v) is 1.50. The Morgan fingerprint density at radius 1 is 1.25 bits per heavy atom. The first-order valence-electron chi connectivity index (χ1n) is 0.289. The Kier molecular flexibility index (Phi) is 70.7. The second-order valence-electron chi connectivity index (χ2n) is 0. The molecule has 0 fully saturated rings. The summed E-state index contributed by atoms with van der Waals surface area (Å²) in [5, 5.41) is 0. The number of hydrogen-bond acceptors (Lipinski definition) is 1. The predicted molar refractivity (Wildman–Crippen MR) is 10.6 cm³/mol. The number of rotatable bonds is 0. The third-order valence-electron chi connectivity index (χ3n) is 0. The molecule has 0 aromatic heterocycles. The van der Waals surface area contributed by atoms with Gasteiger partial charge >= 0.3 is 47.7 Å². The first-order chi connectivity index (χ1) is 1.00. The van der Waals surface area contributed by atoms with Crippen LogP contribution in [-0.2, 0) is 21.8 Å². The maximum atomic E-state index is 8.38. The van der Waals surface area contributed by atoms with Crippen molar-refractivity contribution >= 4 is 25.8 Å². The Morgan fingerprint density at radius 3 is 1.25 bits per heavy atom. The minimum atomic E-state index is 0. The van der Waals surface area contributed by atoms with Crippen molar-refractivity contribution in [2.75, 3.05) is 0 Å². The zero-order valence-corrected chi connectivity index (χ0v) is 6.32. The summed E-state index contributed by atoms with van der Waals surface area (Å²) in [5.41, 5.74) is 0. The molecule has 0 bridgehead atoms. The quantitative estimate of drug-likeness (QED) is 0.489. The summed E-state index contributed by atoms with van der Waals surface area (Å²) >= 11 is 0.125. The van der Waals surface area contributed by atoms with E-state index < -0.39 is 0 Å². The van der Waals surface area contributed by atoms with Crippen LogP contribution in [0.15, 0.2) is 0 Å². The van der Waals surface area contributed by atoms with E-state index in [9.17, 15) is 0 Å². The van der Waals surface area contributed by atoms with Crippen LogP contribution < -0.4 is 0 Å². The van der Waals surface area contributed by atoms with E-state index in [-0.39, 0.29) is 81.8 Å². The molecular weight excluding hydrogens is 361 g/mol. The summed E-state index contributed by atoms with van der Waals surface area (Å²) in [4.78, 5) is 0. The van der Waals surface area contributed by atoms with Gasteiger partial charge in [-0.3, -0.25) is 0 Å². The zero-order valence-electron chi connectivity index (χ0n) is 1.42. The van der Waals surface area contributed by atoms with E-state index in [1.165, 1.54) is 0 Å². The van der Waals surface area contributed by atoms with Crippen LogP contribution in [0.4, 0.5) is 0 Å². The van der Waals surface area contributed by atoms with Gasteiger partial charge in [-0.2, -0.15) is 0 Å². The van der Waals surface area contributed by atoms with Gasteiger partial charge in [-0.05, 0) is 0 Å². The van der Waals surface area contributed by atoms with Crippen molar-refractivity contribution in [3.05, 3.63) is 0 Å². The molecule has 0 aliphatic heterocycles. The van der Waals surface area contributed by atoms with Crippen LogP contribution >= 0.6 is 0 Å². The van der Waals surface area contributed by atoms with E-state index in [1.807, 2.05) is 0 Å². The SMILES string of the molecule is [Ho].[InH3].[O]=[Zn]. The third-order valence-corrected chi connectivity index (χ3v) is 0. The molecule has 4 heavy (non-hydrogen) atoms. The van der Waals surface area contributed by atoms with E-state index in [4.69, 9.17) is 3.57 Å². The van der Waals surface area contributed by atoms with Crippen molar-refractivity contribution in [3.8, 4) is 0 Å². The van der Waals surface area contributed by atoms with Crippen molar-refractivity contribution in [2.45, 2.75) is 0 Å². The Labute approximate surface area is 83.6 Å². The van der Waals surface area contributed by atoms with Crippen molar-refractivity contribution in [1.82, 2.24) is 0 Å². The Balaban J connectivity index is -0.00000000500. The van der Waals surface area contributed by atoms with Crippen molar-refractivity contribution < 1.29 is 59.6 Å². The summed E-state index contributed by atoms with van der Waals surface area (Å²) in [7, 11) is 0. The van der Waals surface area contributed by atoms with Gasteiger partial charge in [0.15, 0.2) is 0 Å². The fraction of sp³-hybridized carbons (Fsp3) is 0. The van der Waals surface area contributed by atoms with Gasteiger partial charge in [0.2, 0.25) is 0 Å². The summed E-state index contributed by atoms with van der Waals surface area (Å²) in [5.74, 6) is 0. The third kappa shape index (κ3) is 8.82. The molecule has 25 valence electrons. The molecule has 4 heteroatoms. The summed E-state index contributed by atoms with van der Waals surface area (Å²) in [6, 6.07) is 0. The standard InChI is InChI=1S/Ho.In.O.Zn.3H. The van der Waals surface area contributed by atoms with E-state index in [1.54, 1.807) is 0 Å². The Morgan fingerprint density at radius 2 is 1.25 bits per heavy atom. The van der Waals surface area contributed by atoms with Crippen LogP contribution in [-0.4, -0.2) is 25.8 Å².